The van der Waals surface area contributed by atoms with Crippen LogP contribution in [-0.4, -0.2) is 43.9 Å². The van der Waals surface area contributed by atoms with Crippen LogP contribution in [0.3, 0.4) is 0 Å². The number of ether oxygens (including phenoxy) is 1. The van der Waals surface area contributed by atoms with Gasteiger partial charge >= 0.3 is 12.0 Å². The molecule has 0 heterocycles. The van der Waals surface area contributed by atoms with E-state index in [4.69, 9.17) is 9.84 Å². The zero-order valence-electron chi connectivity index (χ0n) is 11.5. The lowest BCUT2D eigenvalue weighted by molar-refractivity contribution is -0.137. The van der Waals surface area contributed by atoms with Crippen LogP contribution in [0.15, 0.2) is 0 Å². The van der Waals surface area contributed by atoms with Crippen LogP contribution in [-0.2, 0) is 9.53 Å². The Morgan fingerprint density at radius 3 is 2.53 bits per heavy atom. The van der Waals surface area contributed by atoms with Crippen molar-refractivity contribution in [1.82, 2.24) is 10.6 Å². The molecule has 1 saturated carbocycles. The van der Waals surface area contributed by atoms with Crippen LogP contribution in [0.25, 0.3) is 0 Å². The molecule has 0 unspecified atom stereocenters. The van der Waals surface area contributed by atoms with Crippen molar-refractivity contribution < 1.29 is 19.4 Å². The summed E-state index contributed by atoms with van der Waals surface area (Å²) in [5, 5.41) is 14.0. The van der Waals surface area contributed by atoms with E-state index < -0.39 is 5.97 Å². The minimum Gasteiger partial charge on any atom is -0.481 e. The van der Waals surface area contributed by atoms with Gasteiger partial charge in [-0.05, 0) is 19.3 Å². The summed E-state index contributed by atoms with van der Waals surface area (Å²) in [5.74, 6) is -0.841. The van der Waals surface area contributed by atoms with Gasteiger partial charge in [0.25, 0.3) is 0 Å². The first-order valence-electron chi connectivity index (χ1n) is 6.80. The minimum absolute atomic E-state index is 0.0765. The van der Waals surface area contributed by atoms with Crippen molar-refractivity contribution in [3.8, 4) is 0 Å². The second-order valence-electron chi connectivity index (χ2n) is 5.25. The van der Waals surface area contributed by atoms with Crippen LogP contribution in [0.1, 0.15) is 38.5 Å². The summed E-state index contributed by atoms with van der Waals surface area (Å²) in [6.07, 6.45) is 5.07. The summed E-state index contributed by atoms with van der Waals surface area (Å²) < 4.78 is 5.25. The number of hydrogen-bond acceptors (Lipinski definition) is 3. The smallest absolute Gasteiger partial charge is 0.314 e. The molecule has 110 valence electrons. The standard InChI is InChI=1S/C13H24N2O4/c1-19-10-13(6-2-3-7-13)9-15-12(18)14-8-4-5-11(16)17/h2-10H2,1H3,(H,16,17)(H2,14,15,18). The lowest BCUT2D eigenvalue weighted by Crippen LogP contribution is -2.43. The molecular weight excluding hydrogens is 248 g/mol. The summed E-state index contributed by atoms with van der Waals surface area (Å²) in [6, 6.07) is -0.229. The molecular formula is C13H24N2O4. The van der Waals surface area contributed by atoms with Gasteiger partial charge in [-0.25, -0.2) is 4.79 Å². The molecule has 1 aliphatic carbocycles. The fraction of sp³-hybridized carbons (Fsp3) is 0.846. The molecule has 0 radical (unpaired) electrons. The maximum absolute atomic E-state index is 11.6. The monoisotopic (exact) mass is 272 g/mol. The van der Waals surface area contributed by atoms with Gasteiger partial charge in [-0.3, -0.25) is 4.79 Å². The summed E-state index contributed by atoms with van der Waals surface area (Å²) in [4.78, 5) is 21.9. The summed E-state index contributed by atoms with van der Waals surface area (Å²) in [6.45, 7) is 1.67. The summed E-state index contributed by atoms with van der Waals surface area (Å²) >= 11 is 0. The lowest BCUT2D eigenvalue weighted by Gasteiger charge is -2.28. The molecule has 0 aromatic rings. The molecule has 1 rings (SSSR count). The van der Waals surface area contributed by atoms with Gasteiger partial charge in [0.05, 0.1) is 6.61 Å². The highest BCUT2D eigenvalue weighted by molar-refractivity contribution is 5.74. The van der Waals surface area contributed by atoms with Crippen molar-refractivity contribution in [1.29, 1.82) is 0 Å². The molecule has 0 atom stereocenters. The average Bonchev–Trinajstić information content (AvgIpc) is 2.82. The number of carbonyl (C=O) groups excluding carboxylic acids is 1. The third-order valence-electron chi connectivity index (χ3n) is 3.59. The Morgan fingerprint density at radius 1 is 1.26 bits per heavy atom. The van der Waals surface area contributed by atoms with E-state index in [1.807, 2.05) is 0 Å². The first kappa shape index (κ1) is 15.8. The van der Waals surface area contributed by atoms with Crippen molar-refractivity contribution in [2.24, 2.45) is 5.41 Å². The molecule has 0 saturated heterocycles. The second kappa shape index (κ2) is 7.99. The van der Waals surface area contributed by atoms with Crippen LogP contribution in [0, 0.1) is 5.41 Å². The number of amides is 2. The zero-order chi connectivity index (χ0) is 14.1. The van der Waals surface area contributed by atoms with Crippen molar-refractivity contribution in [3.05, 3.63) is 0 Å². The molecule has 6 heteroatoms. The number of rotatable bonds is 8. The van der Waals surface area contributed by atoms with Crippen molar-refractivity contribution in [2.45, 2.75) is 38.5 Å². The minimum atomic E-state index is -0.841. The lowest BCUT2D eigenvalue weighted by atomic mass is 9.87. The van der Waals surface area contributed by atoms with E-state index in [-0.39, 0.29) is 17.9 Å². The van der Waals surface area contributed by atoms with Gasteiger partial charge in [0.1, 0.15) is 0 Å². The SMILES string of the molecule is COCC1(CNC(=O)NCCCC(=O)O)CCCC1. The molecule has 0 aliphatic heterocycles. The Morgan fingerprint density at radius 2 is 1.95 bits per heavy atom. The molecule has 0 aromatic carbocycles. The Bertz CT molecular complexity index is 301. The largest absolute Gasteiger partial charge is 0.481 e. The average molecular weight is 272 g/mol. The highest BCUT2D eigenvalue weighted by Gasteiger charge is 2.34. The van der Waals surface area contributed by atoms with Gasteiger partial charge in [-0.1, -0.05) is 12.8 Å². The van der Waals surface area contributed by atoms with Crippen molar-refractivity contribution >= 4 is 12.0 Å². The van der Waals surface area contributed by atoms with E-state index in [0.717, 1.165) is 12.8 Å². The van der Waals surface area contributed by atoms with Gasteiger partial charge in [-0.2, -0.15) is 0 Å². The number of urea groups is 1. The van der Waals surface area contributed by atoms with Crippen LogP contribution >= 0.6 is 0 Å². The van der Waals surface area contributed by atoms with Crippen LogP contribution < -0.4 is 10.6 Å². The first-order chi connectivity index (χ1) is 9.08. The maximum Gasteiger partial charge on any atom is 0.314 e. The van der Waals surface area contributed by atoms with E-state index in [9.17, 15) is 9.59 Å². The quantitative estimate of drug-likeness (QED) is 0.582. The second-order valence-corrected chi connectivity index (χ2v) is 5.25. The number of methoxy groups -OCH3 is 1. The first-order valence-corrected chi connectivity index (χ1v) is 6.80. The van der Waals surface area contributed by atoms with Gasteiger partial charge in [0.15, 0.2) is 0 Å². The Balaban J connectivity index is 2.19. The fourth-order valence-electron chi connectivity index (χ4n) is 2.58. The molecule has 0 aromatic heterocycles. The van der Waals surface area contributed by atoms with E-state index in [2.05, 4.69) is 10.6 Å². The Labute approximate surface area is 113 Å². The number of aliphatic carboxylic acids is 1. The van der Waals surface area contributed by atoms with Crippen molar-refractivity contribution in [3.63, 3.8) is 0 Å². The van der Waals surface area contributed by atoms with Gasteiger partial charge < -0.3 is 20.5 Å². The summed E-state index contributed by atoms with van der Waals surface area (Å²) in [7, 11) is 1.69. The Hall–Kier alpha value is -1.30. The number of hydrogen-bond donors (Lipinski definition) is 3. The third-order valence-corrected chi connectivity index (χ3v) is 3.59. The number of carbonyl (C=O) groups is 2. The predicted molar refractivity (Wildman–Crippen MR) is 71.0 cm³/mol. The molecule has 1 fully saturated rings. The molecule has 6 nitrogen and oxygen atoms in total. The van der Waals surface area contributed by atoms with Crippen LogP contribution in [0.4, 0.5) is 4.79 Å². The van der Waals surface area contributed by atoms with E-state index in [1.54, 1.807) is 7.11 Å². The highest BCUT2D eigenvalue weighted by Crippen LogP contribution is 2.37. The number of carboxylic acid groups (broad SMARTS) is 1. The Kier molecular flexibility index (Phi) is 6.62. The van der Waals surface area contributed by atoms with Crippen LogP contribution in [0.5, 0.6) is 0 Å². The maximum atomic E-state index is 11.6. The van der Waals surface area contributed by atoms with Gasteiger partial charge in [0, 0.05) is 32.0 Å². The fourth-order valence-corrected chi connectivity index (χ4v) is 2.58. The molecule has 0 spiro atoms. The molecule has 2 amide bonds. The predicted octanol–water partition coefficient (Wildman–Crippen LogP) is 1.36. The highest BCUT2D eigenvalue weighted by atomic mass is 16.5. The molecule has 1 aliphatic rings. The van der Waals surface area contributed by atoms with Gasteiger partial charge in [0.2, 0.25) is 0 Å². The van der Waals surface area contributed by atoms with Crippen LogP contribution in [0.2, 0.25) is 0 Å². The normalized spacial score (nSPS) is 17.1. The van der Waals surface area contributed by atoms with E-state index >= 15 is 0 Å². The molecule has 3 N–H and O–H groups in total. The van der Waals surface area contributed by atoms with E-state index in [0.29, 0.717) is 26.1 Å². The summed E-state index contributed by atoms with van der Waals surface area (Å²) in [5.41, 5.74) is 0.0765. The number of nitrogens with one attached hydrogen (secondary N) is 2. The topological polar surface area (TPSA) is 87.7 Å². The van der Waals surface area contributed by atoms with E-state index in [1.165, 1.54) is 12.8 Å². The number of carboxylic acids is 1. The zero-order valence-corrected chi connectivity index (χ0v) is 11.5. The third kappa shape index (κ3) is 5.92. The molecule has 0 bridgehead atoms. The van der Waals surface area contributed by atoms with Gasteiger partial charge in [-0.15, -0.1) is 0 Å². The van der Waals surface area contributed by atoms with Crippen molar-refractivity contribution in [2.75, 3.05) is 26.8 Å². The molecule has 19 heavy (non-hydrogen) atoms.